The average Bonchev–Trinajstić information content (AvgIpc) is 3.36. The number of imide groups is 1. The number of carbonyl (C=O) groups is 3. The van der Waals surface area contributed by atoms with Gasteiger partial charge in [-0.2, -0.15) is 0 Å². The van der Waals surface area contributed by atoms with Crippen LogP contribution in [0.25, 0.3) is 0 Å². The molecule has 0 spiro atoms. The van der Waals surface area contributed by atoms with Gasteiger partial charge in [-0.3, -0.25) is 19.7 Å². The summed E-state index contributed by atoms with van der Waals surface area (Å²) in [6.45, 7) is 3.26. The number of nitrogens with one attached hydrogen (secondary N) is 3. The summed E-state index contributed by atoms with van der Waals surface area (Å²) >= 11 is 0. The minimum absolute atomic E-state index is 0.110. The molecule has 3 N–H and O–H groups in total. The van der Waals surface area contributed by atoms with Crippen LogP contribution in [0, 0.1) is 5.92 Å². The molecule has 3 atom stereocenters. The van der Waals surface area contributed by atoms with E-state index in [0.717, 1.165) is 36.7 Å². The van der Waals surface area contributed by atoms with Crippen LogP contribution in [0.5, 0.6) is 0 Å². The van der Waals surface area contributed by atoms with Crippen molar-refractivity contribution in [2.24, 2.45) is 5.92 Å². The highest BCUT2D eigenvalue weighted by Crippen LogP contribution is 2.39. The van der Waals surface area contributed by atoms with E-state index in [-0.39, 0.29) is 29.7 Å². The number of nitrogens with zero attached hydrogens (tertiary/aromatic N) is 1. The molecular formula is C21H26N4O3. The molecule has 2 bridgehead atoms. The van der Waals surface area contributed by atoms with Gasteiger partial charge in [0.15, 0.2) is 0 Å². The van der Waals surface area contributed by atoms with Crippen molar-refractivity contribution in [1.29, 1.82) is 0 Å². The Hall–Kier alpha value is -2.25. The second-order valence-electron chi connectivity index (χ2n) is 8.77. The van der Waals surface area contributed by atoms with E-state index in [1.54, 1.807) is 4.90 Å². The number of fused-ring (bicyclic) bond motifs is 3. The Bertz CT molecular complexity index is 844. The van der Waals surface area contributed by atoms with Gasteiger partial charge in [-0.1, -0.05) is 12.1 Å². The van der Waals surface area contributed by atoms with Crippen molar-refractivity contribution in [2.45, 2.75) is 56.8 Å². The van der Waals surface area contributed by atoms with Crippen LogP contribution < -0.4 is 16.0 Å². The highest BCUT2D eigenvalue weighted by Gasteiger charge is 2.44. The van der Waals surface area contributed by atoms with Gasteiger partial charge in [0.05, 0.1) is 0 Å². The molecule has 3 aliphatic heterocycles. The normalized spacial score (nSPS) is 31.4. The first-order valence-corrected chi connectivity index (χ1v) is 10.3. The molecule has 1 aromatic rings. The van der Waals surface area contributed by atoms with Gasteiger partial charge in [0.2, 0.25) is 11.8 Å². The molecule has 0 radical (unpaired) electrons. The van der Waals surface area contributed by atoms with Crippen LogP contribution >= 0.6 is 0 Å². The van der Waals surface area contributed by atoms with Crippen LogP contribution in [-0.2, 0) is 22.7 Å². The molecule has 148 valence electrons. The summed E-state index contributed by atoms with van der Waals surface area (Å²) in [5.74, 6) is 0.111. The fourth-order valence-corrected chi connectivity index (χ4v) is 5.31. The van der Waals surface area contributed by atoms with Crippen molar-refractivity contribution < 1.29 is 14.4 Å². The summed E-state index contributed by atoms with van der Waals surface area (Å²) in [7, 11) is 0. The molecule has 4 aliphatic rings. The highest BCUT2D eigenvalue weighted by atomic mass is 16.2. The van der Waals surface area contributed by atoms with E-state index in [2.05, 4.69) is 22.0 Å². The van der Waals surface area contributed by atoms with E-state index in [9.17, 15) is 14.4 Å². The zero-order valence-corrected chi connectivity index (χ0v) is 15.9. The van der Waals surface area contributed by atoms with Crippen LogP contribution in [0.3, 0.4) is 0 Å². The molecule has 3 unspecified atom stereocenters. The van der Waals surface area contributed by atoms with Crippen molar-refractivity contribution in [3.63, 3.8) is 0 Å². The smallest absolute Gasteiger partial charge is 0.255 e. The first-order chi connectivity index (χ1) is 13.5. The van der Waals surface area contributed by atoms with Crippen LogP contribution in [-0.4, -0.2) is 47.3 Å². The molecule has 5 rings (SSSR count). The average molecular weight is 382 g/mol. The Balaban J connectivity index is 1.23. The SMILES string of the molecule is O=C1CCC(N2Cc3ccc(CNCC45CCC(CN4)C5)cc3C2=O)C(=O)N1. The lowest BCUT2D eigenvalue weighted by molar-refractivity contribution is -0.136. The minimum Gasteiger partial charge on any atom is -0.322 e. The molecule has 2 saturated heterocycles. The summed E-state index contributed by atoms with van der Waals surface area (Å²) < 4.78 is 0. The molecule has 7 nitrogen and oxygen atoms in total. The Morgan fingerprint density at radius 2 is 2.11 bits per heavy atom. The molecule has 3 heterocycles. The molecule has 1 aliphatic carbocycles. The zero-order valence-electron chi connectivity index (χ0n) is 15.9. The summed E-state index contributed by atoms with van der Waals surface area (Å²) in [6.07, 6.45) is 4.52. The number of rotatable bonds is 5. The molecule has 3 fully saturated rings. The second-order valence-corrected chi connectivity index (χ2v) is 8.77. The molecule has 3 amide bonds. The monoisotopic (exact) mass is 382 g/mol. The molecule has 1 saturated carbocycles. The third-order valence-electron chi connectivity index (χ3n) is 6.86. The topological polar surface area (TPSA) is 90.5 Å². The summed E-state index contributed by atoms with van der Waals surface area (Å²) in [5.41, 5.74) is 2.98. The van der Waals surface area contributed by atoms with E-state index in [4.69, 9.17) is 0 Å². The van der Waals surface area contributed by atoms with Gasteiger partial charge in [0, 0.05) is 37.2 Å². The first-order valence-electron chi connectivity index (χ1n) is 10.3. The van der Waals surface area contributed by atoms with Crippen LogP contribution in [0.4, 0.5) is 0 Å². The van der Waals surface area contributed by atoms with Crippen molar-refractivity contribution in [2.75, 3.05) is 13.1 Å². The van der Waals surface area contributed by atoms with E-state index in [1.807, 2.05) is 12.1 Å². The van der Waals surface area contributed by atoms with Crippen molar-refractivity contribution in [3.05, 3.63) is 34.9 Å². The van der Waals surface area contributed by atoms with Gasteiger partial charge in [-0.25, -0.2) is 0 Å². The Labute approximate surface area is 164 Å². The second kappa shape index (κ2) is 6.67. The molecule has 1 aromatic carbocycles. The van der Waals surface area contributed by atoms with Crippen LogP contribution in [0.15, 0.2) is 18.2 Å². The lowest BCUT2D eigenvalue weighted by atomic mass is 9.99. The van der Waals surface area contributed by atoms with Gasteiger partial charge in [0.1, 0.15) is 6.04 Å². The summed E-state index contributed by atoms with van der Waals surface area (Å²) in [4.78, 5) is 38.0. The van der Waals surface area contributed by atoms with Gasteiger partial charge in [0.25, 0.3) is 5.91 Å². The van der Waals surface area contributed by atoms with E-state index >= 15 is 0 Å². The predicted molar refractivity (Wildman–Crippen MR) is 102 cm³/mol. The molecule has 28 heavy (non-hydrogen) atoms. The van der Waals surface area contributed by atoms with Gasteiger partial charge < -0.3 is 15.5 Å². The fraction of sp³-hybridized carbons (Fsp3) is 0.571. The highest BCUT2D eigenvalue weighted by molar-refractivity contribution is 6.05. The number of hydrogen-bond donors (Lipinski definition) is 3. The predicted octanol–water partition coefficient (Wildman–Crippen LogP) is 0.679. The standard InChI is InChI=1S/C21H26N4O3/c26-18-4-3-17(19(27)24-18)25-11-15-2-1-13(7-16(15)20(25)28)9-22-12-21-6-5-14(8-21)10-23-21/h1-2,7,14,17,22-23H,3-6,8-12H2,(H,24,26,27). The summed E-state index contributed by atoms with van der Waals surface area (Å²) in [5, 5.41) is 9.58. The number of amides is 3. The number of benzene rings is 1. The van der Waals surface area contributed by atoms with Gasteiger partial charge in [-0.05, 0) is 55.3 Å². The van der Waals surface area contributed by atoms with Crippen LogP contribution in [0.2, 0.25) is 0 Å². The van der Waals surface area contributed by atoms with Crippen molar-refractivity contribution in [1.82, 2.24) is 20.9 Å². The number of piperidine rings is 2. The minimum atomic E-state index is -0.554. The zero-order chi connectivity index (χ0) is 19.3. The first kappa shape index (κ1) is 17.8. The van der Waals surface area contributed by atoms with Crippen molar-refractivity contribution >= 4 is 17.7 Å². The molecular weight excluding hydrogens is 356 g/mol. The molecule has 0 aromatic heterocycles. The fourth-order valence-electron chi connectivity index (χ4n) is 5.31. The lowest BCUT2D eigenvalue weighted by Gasteiger charge is -2.29. The van der Waals surface area contributed by atoms with Crippen LogP contribution in [0.1, 0.15) is 53.6 Å². The van der Waals surface area contributed by atoms with E-state index < -0.39 is 6.04 Å². The third-order valence-corrected chi connectivity index (χ3v) is 6.86. The van der Waals surface area contributed by atoms with Crippen molar-refractivity contribution in [3.8, 4) is 0 Å². The number of carbonyl (C=O) groups excluding carboxylic acids is 3. The maximum absolute atomic E-state index is 12.9. The third kappa shape index (κ3) is 3.02. The maximum atomic E-state index is 12.9. The number of hydrogen-bond acceptors (Lipinski definition) is 5. The molecule has 7 heteroatoms. The Morgan fingerprint density at radius 1 is 1.21 bits per heavy atom. The van der Waals surface area contributed by atoms with E-state index in [1.165, 1.54) is 19.3 Å². The maximum Gasteiger partial charge on any atom is 0.255 e. The van der Waals surface area contributed by atoms with Gasteiger partial charge in [-0.15, -0.1) is 0 Å². The largest absolute Gasteiger partial charge is 0.322 e. The lowest BCUT2D eigenvalue weighted by Crippen LogP contribution is -2.52. The van der Waals surface area contributed by atoms with E-state index in [0.29, 0.717) is 18.5 Å². The Morgan fingerprint density at radius 3 is 2.82 bits per heavy atom. The summed E-state index contributed by atoms with van der Waals surface area (Å²) in [6, 6.07) is 5.45. The Kier molecular flexibility index (Phi) is 4.25. The van der Waals surface area contributed by atoms with Gasteiger partial charge >= 0.3 is 0 Å². The quantitative estimate of drug-likeness (QED) is 0.652.